The molecule has 0 radical (unpaired) electrons. The molecule has 0 unspecified atom stereocenters. The van der Waals surface area contributed by atoms with Gasteiger partial charge < -0.3 is 4.90 Å². The molecule has 0 aromatic carbocycles. The van der Waals surface area contributed by atoms with Crippen LogP contribution in [0.5, 0.6) is 0 Å². The summed E-state index contributed by atoms with van der Waals surface area (Å²) in [4.78, 5) is 19.3. The SMILES string of the molecule is CC(C)N(C)CC(=O)N1CCCn2nnc(CN3CCCCC3)c2C1. The number of aromatic nitrogens is 3. The number of likely N-dealkylation sites (tertiary alicyclic amines) is 1. The van der Waals surface area contributed by atoms with Crippen LogP contribution in [0.3, 0.4) is 0 Å². The Bertz CT molecular complexity index is 578. The van der Waals surface area contributed by atoms with Gasteiger partial charge in [0.25, 0.3) is 0 Å². The standard InChI is InChI=1S/C18H32N6O/c1-15(2)21(3)14-18(25)23-10-7-11-24-17(13-23)16(19-20-24)12-22-8-5-4-6-9-22/h15H,4-14H2,1-3H3. The van der Waals surface area contributed by atoms with E-state index in [2.05, 4.69) is 34.0 Å². The molecule has 25 heavy (non-hydrogen) atoms. The third-order valence-corrected chi connectivity index (χ3v) is 5.50. The highest BCUT2D eigenvalue weighted by atomic mass is 16.2. The van der Waals surface area contributed by atoms with Crippen LogP contribution in [-0.2, 0) is 24.4 Å². The van der Waals surface area contributed by atoms with Crippen molar-refractivity contribution in [2.75, 3.05) is 33.2 Å². The number of carbonyl (C=O) groups is 1. The monoisotopic (exact) mass is 348 g/mol. The van der Waals surface area contributed by atoms with Gasteiger partial charge in [-0.1, -0.05) is 11.6 Å². The minimum atomic E-state index is 0.203. The molecule has 1 saturated heterocycles. The Balaban J connectivity index is 1.68. The molecule has 7 nitrogen and oxygen atoms in total. The van der Waals surface area contributed by atoms with Crippen LogP contribution in [0.15, 0.2) is 0 Å². The van der Waals surface area contributed by atoms with E-state index in [0.717, 1.165) is 50.5 Å². The highest BCUT2D eigenvalue weighted by Gasteiger charge is 2.25. The van der Waals surface area contributed by atoms with Gasteiger partial charge in [-0.15, -0.1) is 5.10 Å². The van der Waals surface area contributed by atoms with E-state index in [1.54, 1.807) is 0 Å². The van der Waals surface area contributed by atoms with E-state index in [1.807, 2.05) is 16.6 Å². The molecule has 0 N–H and O–H groups in total. The number of aryl methyl sites for hydroxylation is 1. The number of amides is 1. The largest absolute Gasteiger partial charge is 0.336 e. The Morgan fingerprint density at radius 3 is 2.60 bits per heavy atom. The lowest BCUT2D eigenvalue weighted by molar-refractivity contribution is -0.133. The van der Waals surface area contributed by atoms with E-state index in [9.17, 15) is 4.79 Å². The zero-order valence-electron chi connectivity index (χ0n) is 15.9. The summed E-state index contributed by atoms with van der Waals surface area (Å²) in [6, 6.07) is 0.373. The molecule has 1 fully saturated rings. The second-order valence-corrected chi connectivity index (χ2v) is 7.72. The Labute approximate surface area is 150 Å². The van der Waals surface area contributed by atoms with E-state index in [0.29, 0.717) is 19.1 Å². The van der Waals surface area contributed by atoms with Gasteiger partial charge in [0.15, 0.2) is 0 Å². The minimum absolute atomic E-state index is 0.203. The number of likely N-dealkylation sites (N-methyl/N-ethyl adjacent to an activating group) is 1. The first-order valence-corrected chi connectivity index (χ1v) is 9.66. The number of carbonyl (C=O) groups excluding carboxylic acids is 1. The maximum atomic E-state index is 12.7. The van der Waals surface area contributed by atoms with Crippen LogP contribution >= 0.6 is 0 Å². The van der Waals surface area contributed by atoms with Crippen molar-refractivity contribution < 1.29 is 4.79 Å². The number of rotatable bonds is 5. The second kappa shape index (κ2) is 8.27. The lowest BCUT2D eigenvalue weighted by Gasteiger charge is -2.27. The average Bonchev–Trinajstić information content (AvgIpc) is 2.83. The zero-order valence-corrected chi connectivity index (χ0v) is 15.9. The topological polar surface area (TPSA) is 57.5 Å². The molecule has 2 aliphatic rings. The second-order valence-electron chi connectivity index (χ2n) is 7.72. The third kappa shape index (κ3) is 4.58. The van der Waals surface area contributed by atoms with Gasteiger partial charge in [-0.3, -0.25) is 14.6 Å². The predicted molar refractivity (Wildman–Crippen MR) is 97.0 cm³/mol. The summed E-state index contributed by atoms with van der Waals surface area (Å²) in [5.41, 5.74) is 2.18. The smallest absolute Gasteiger partial charge is 0.237 e. The summed E-state index contributed by atoms with van der Waals surface area (Å²) in [7, 11) is 2.01. The third-order valence-electron chi connectivity index (χ3n) is 5.50. The zero-order chi connectivity index (χ0) is 17.8. The quantitative estimate of drug-likeness (QED) is 0.804. The van der Waals surface area contributed by atoms with Crippen LogP contribution < -0.4 is 0 Å². The molecule has 3 heterocycles. The summed E-state index contributed by atoms with van der Waals surface area (Å²) in [6.07, 6.45) is 4.82. The maximum Gasteiger partial charge on any atom is 0.237 e. The van der Waals surface area contributed by atoms with E-state index in [-0.39, 0.29) is 5.91 Å². The molecule has 2 aliphatic heterocycles. The van der Waals surface area contributed by atoms with Crippen molar-refractivity contribution >= 4 is 5.91 Å². The van der Waals surface area contributed by atoms with Crippen molar-refractivity contribution in [2.45, 2.75) is 65.2 Å². The maximum absolute atomic E-state index is 12.7. The van der Waals surface area contributed by atoms with Gasteiger partial charge in [0.2, 0.25) is 5.91 Å². The van der Waals surface area contributed by atoms with Crippen molar-refractivity contribution in [3.05, 3.63) is 11.4 Å². The van der Waals surface area contributed by atoms with Crippen LogP contribution in [-0.4, -0.2) is 74.9 Å². The molecule has 0 aliphatic carbocycles. The first kappa shape index (κ1) is 18.3. The van der Waals surface area contributed by atoms with Gasteiger partial charge in [0.05, 0.1) is 18.8 Å². The van der Waals surface area contributed by atoms with Crippen molar-refractivity contribution in [1.29, 1.82) is 0 Å². The number of hydrogen-bond donors (Lipinski definition) is 0. The van der Waals surface area contributed by atoms with Crippen molar-refractivity contribution in [3.63, 3.8) is 0 Å². The van der Waals surface area contributed by atoms with Crippen LogP contribution in [0.1, 0.15) is 50.9 Å². The number of nitrogens with zero attached hydrogens (tertiary/aromatic N) is 6. The van der Waals surface area contributed by atoms with Gasteiger partial charge in [-0.05, 0) is 53.2 Å². The van der Waals surface area contributed by atoms with E-state index in [4.69, 9.17) is 0 Å². The van der Waals surface area contributed by atoms with Crippen molar-refractivity contribution in [1.82, 2.24) is 29.7 Å². The summed E-state index contributed by atoms with van der Waals surface area (Å²) in [5, 5.41) is 8.80. The summed E-state index contributed by atoms with van der Waals surface area (Å²) in [6.45, 7) is 10.2. The predicted octanol–water partition coefficient (Wildman–Crippen LogP) is 1.34. The Hall–Kier alpha value is -1.47. The van der Waals surface area contributed by atoms with Crippen LogP contribution in [0.2, 0.25) is 0 Å². The average molecular weight is 348 g/mol. The normalized spacial score (nSPS) is 19.3. The fraction of sp³-hybridized carbons (Fsp3) is 0.833. The molecule has 1 aromatic heterocycles. The molecule has 7 heteroatoms. The molecule has 0 atom stereocenters. The minimum Gasteiger partial charge on any atom is -0.336 e. The van der Waals surface area contributed by atoms with Crippen molar-refractivity contribution in [3.8, 4) is 0 Å². The molecule has 1 aromatic rings. The van der Waals surface area contributed by atoms with Crippen LogP contribution in [0.25, 0.3) is 0 Å². The Morgan fingerprint density at radius 2 is 1.88 bits per heavy atom. The highest BCUT2D eigenvalue weighted by molar-refractivity contribution is 5.78. The fourth-order valence-electron chi connectivity index (χ4n) is 3.55. The van der Waals surface area contributed by atoms with Crippen molar-refractivity contribution in [2.24, 2.45) is 0 Å². The van der Waals surface area contributed by atoms with E-state index < -0.39 is 0 Å². The first-order valence-electron chi connectivity index (χ1n) is 9.66. The van der Waals surface area contributed by atoms with Gasteiger partial charge in [0.1, 0.15) is 5.69 Å². The summed E-state index contributed by atoms with van der Waals surface area (Å²) >= 11 is 0. The fourth-order valence-corrected chi connectivity index (χ4v) is 3.55. The Morgan fingerprint density at radius 1 is 1.12 bits per heavy atom. The van der Waals surface area contributed by atoms with Crippen LogP contribution in [0, 0.1) is 0 Å². The molecular formula is C18H32N6O. The first-order chi connectivity index (χ1) is 12.0. The number of hydrogen-bond acceptors (Lipinski definition) is 5. The molecular weight excluding hydrogens is 316 g/mol. The Kier molecular flexibility index (Phi) is 6.06. The molecule has 1 amide bonds. The molecule has 0 spiro atoms. The van der Waals surface area contributed by atoms with E-state index >= 15 is 0 Å². The van der Waals surface area contributed by atoms with Crippen LogP contribution in [0.4, 0.5) is 0 Å². The molecule has 0 bridgehead atoms. The number of piperidine rings is 1. The highest BCUT2D eigenvalue weighted by Crippen LogP contribution is 2.18. The molecule has 0 saturated carbocycles. The van der Waals surface area contributed by atoms with Gasteiger partial charge in [0, 0.05) is 25.7 Å². The number of fused-ring (bicyclic) bond motifs is 1. The lowest BCUT2D eigenvalue weighted by Crippen LogP contribution is -2.41. The summed E-state index contributed by atoms with van der Waals surface area (Å²) < 4.78 is 2.01. The van der Waals surface area contributed by atoms with Gasteiger partial charge in [-0.25, -0.2) is 4.68 Å². The van der Waals surface area contributed by atoms with Gasteiger partial charge in [-0.2, -0.15) is 0 Å². The lowest BCUT2D eigenvalue weighted by atomic mass is 10.1. The summed E-state index contributed by atoms with van der Waals surface area (Å²) in [5.74, 6) is 0.203. The van der Waals surface area contributed by atoms with Gasteiger partial charge >= 0.3 is 0 Å². The van der Waals surface area contributed by atoms with E-state index in [1.165, 1.54) is 19.3 Å². The molecule has 140 valence electrons. The molecule has 3 rings (SSSR count).